The van der Waals surface area contributed by atoms with E-state index in [-0.39, 0.29) is 34.7 Å². The van der Waals surface area contributed by atoms with Crippen molar-refractivity contribution >= 4 is 29.4 Å². The van der Waals surface area contributed by atoms with Gasteiger partial charge < -0.3 is 5.32 Å². The van der Waals surface area contributed by atoms with Crippen molar-refractivity contribution in [2.45, 2.75) is 130 Å². The Kier molecular flexibility index (Phi) is 12.5. The predicted octanol–water partition coefficient (Wildman–Crippen LogP) is 7.05. The van der Waals surface area contributed by atoms with Gasteiger partial charge in [0.2, 0.25) is 11.8 Å². The summed E-state index contributed by atoms with van der Waals surface area (Å²) in [6.45, 7) is 14.7. The van der Waals surface area contributed by atoms with Gasteiger partial charge in [-0.05, 0) is 56.8 Å². The molecule has 0 radical (unpaired) electrons. The molecular weight excluding hydrogens is 468 g/mol. The Labute approximate surface area is 225 Å². The molecule has 2 aliphatic rings. The van der Waals surface area contributed by atoms with Gasteiger partial charge in [0.1, 0.15) is 5.78 Å². The molecule has 0 aromatic rings. The summed E-state index contributed by atoms with van der Waals surface area (Å²) < 4.78 is 0. The van der Waals surface area contributed by atoms with E-state index in [2.05, 4.69) is 39.9 Å². The van der Waals surface area contributed by atoms with Crippen LogP contribution in [0, 0.1) is 10.8 Å². The molecule has 0 aromatic heterocycles. The van der Waals surface area contributed by atoms with Crippen LogP contribution in [0.5, 0.6) is 0 Å². The Morgan fingerprint density at radius 1 is 0.972 bits per heavy atom. The van der Waals surface area contributed by atoms with E-state index in [1.165, 1.54) is 54.5 Å². The average molecular weight is 521 g/mol. The monoisotopic (exact) mass is 520 g/mol. The number of imide groups is 1. The first kappa shape index (κ1) is 30.9. The van der Waals surface area contributed by atoms with Gasteiger partial charge in [0.25, 0.3) is 0 Å². The first-order chi connectivity index (χ1) is 17.1. The number of carbonyl (C=O) groups is 3. The fourth-order valence-electron chi connectivity index (χ4n) is 4.88. The van der Waals surface area contributed by atoms with Crippen molar-refractivity contribution in [2.24, 2.45) is 10.8 Å². The Morgan fingerprint density at radius 2 is 1.64 bits per heavy atom. The first-order valence-electron chi connectivity index (χ1n) is 14.6. The number of Topliss-reactive ketones (excluding diaryl/α,β-unsaturated/α-hetero) is 1. The molecule has 1 aliphatic carbocycles. The van der Waals surface area contributed by atoms with Crippen LogP contribution < -0.4 is 5.32 Å². The van der Waals surface area contributed by atoms with E-state index < -0.39 is 0 Å². The SMILES string of the molecule is CCC(C)(CC)CCNC(CCCCCN1C(=O)CC(SCCC(=O)C(C)(CC)CC)C1=O)=C1CC1. The van der Waals surface area contributed by atoms with E-state index in [4.69, 9.17) is 0 Å². The third-order valence-corrected chi connectivity index (χ3v) is 10.3. The van der Waals surface area contributed by atoms with E-state index >= 15 is 0 Å². The van der Waals surface area contributed by atoms with Gasteiger partial charge in [0.05, 0.1) is 5.25 Å². The van der Waals surface area contributed by atoms with Crippen LogP contribution in [0.2, 0.25) is 0 Å². The van der Waals surface area contributed by atoms with E-state index in [9.17, 15) is 14.4 Å². The number of amides is 2. The van der Waals surface area contributed by atoms with Crippen LogP contribution in [0.15, 0.2) is 11.3 Å². The van der Waals surface area contributed by atoms with Crippen molar-refractivity contribution in [2.75, 3.05) is 18.8 Å². The normalized spacial score (nSPS) is 18.2. The van der Waals surface area contributed by atoms with E-state index in [1.807, 2.05) is 6.92 Å². The highest BCUT2D eigenvalue weighted by atomic mass is 32.2. The fraction of sp³-hybridized carbons (Fsp3) is 0.833. The molecule has 0 bridgehead atoms. The largest absolute Gasteiger partial charge is 0.388 e. The highest BCUT2D eigenvalue weighted by molar-refractivity contribution is 8.00. The number of ketones is 1. The molecular formula is C30H52N2O3S. The topological polar surface area (TPSA) is 66.5 Å². The van der Waals surface area contributed by atoms with Crippen LogP contribution >= 0.6 is 11.8 Å². The summed E-state index contributed by atoms with van der Waals surface area (Å²) in [4.78, 5) is 39.3. The van der Waals surface area contributed by atoms with Gasteiger partial charge in [-0.3, -0.25) is 19.3 Å². The lowest BCUT2D eigenvalue weighted by atomic mass is 9.79. The van der Waals surface area contributed by atoms with Crippen molar-refractivity contribution in [3.05, 3.63) is 11.3 Å². The van der Waals surface area contributed by atoms with E-state index in [0.717, 1.165) is 45.1 Å². The van der Waals surface area contributed by atoms with Crippen LogP contribution in [-0.4, -0.2) is 46.6 Å². The minimum atomic E-state index is -0.313. The van der Waals surface area contributed by atoms with Crippen LogP contribution in [0.4, 0.5) is 0 Å². The maximum absolute atomic E-state index is 12.8. The Hall–Kier alpha value is -1.30. The smallest absolute Gasteiger partial charge is 0.242 e. The minimum absolute atomic E-state index is 0.0480. The van der Waals surface area contributed by atoms with Crippen molar-refractivity contribution in [1.82, 2.24) is 10.2 Å². The number of nitrogens with zero attached hydrogens (tertiary/aromatic N) is 1. The summed E-state index contributed by atoms with van der Waals surface area (Å²) >= 11 is 1.49. The van der Waals surface area contributed by atoms with Gasteiger partial charge in [-0.25, -0.2) is 0 Å². The maximum atomic E-state index is 12.8. The maximum Gasteiger partial charge on any atom is 0.242 e. The molecule has 0 spiro atoms. The third kappa shape index (κ3) is 8.92. The summed E-state index contributed by atoms with van der Waals surface area (Å²) in [7, 11) is 0. The zero-order chi connectivity index (χ0) is 26.8. The number of hydrogen-bond acceptors (Lipinski definition) is 5. The molecule has 36 heavy (non-hydrogen) atoms. The highest BCUT2D eigenvalue weighted by Gasteiger charge is 2.38. The van der Waals surface area contributed by atoms with E-state index in [0.29, 0.717) is 24.1 Å². The lowest BCUT2D eigenvalue weighted by molar-refractivity contribution is -0.138. The third-order valence-electron chi connectivity index (χ3n) is 9.09. The molecule has 1 unspecified atom stereocenters. The van der Waals surface area contributed by atoms with Crippen LogP contribution in [-0.2, 0) is 14.4 Å². The Morgan fingerprint density at radius 3 is 2.22 bits per heavy atom. The van der Waals surface area contributed by atoms with Gasteiger partial charge in [0.15, 0.2) is 0 Å². The summed E-state index contributed by atoms with van der Waals surface area (Å²) in [5, 5.41) is 3.42. The number of unbranched alkanes of at least 4 members (excludes halogenated alkanes) is 2. The number of likely N-dealkylation sites (tertiary alicyclic amines) is 1. The van der Waals surface area contributed by atoms with E-state index in [1.54, 1.807) is 5.57 Å². The standard InChI is InChI=1S/C30H52N2O3S/c1-7-29(5,8-2)18-19-31-24(23-15-16-23)14-12-11-13-20-32-27(34)22-25(28(32)35)36-21-17-26(33)30(6,9-3)10-4/h25,31H,7-22H2,1-6H3. The number of rotatable bonds is 19. The molecule has 6 heteroatoms. The molecule has 0 aromatic carbocycles. The lowest BCUT2D eigenvalue weighted by Crippen LogP contribution is -2.32. The number of hydrogen-bond donors (Lipinski definition) is 1. The van der Waals surface area contributed by atoms with Gasteiger partial charge in [0, 0.05) is 42.8 Å². The molecule has 2 rings (SSSR count). The number of carbonyl (C=O) groups excluding carboxylic acids is 3. The molecule has 1 heterocycles. The number of allylic oxidation sites excluding steroid dienone is 2. The van der Waals surface area contributed by atoms with Crippen LogP contribution in [0.3, 0.4) is 0 Å². The summed E-state index contributed by atoms with van der Waals surface area (Å²) in [5.74, 6) is 0.788. The van der Waals surface area contributed by atoms with Crippen molar-refractivity contribution in [1.29, 1.82) is 0 Å². The van der Waals surface area contributed by atoms with Gasteiger partial charge in [-0.2, -0.15) is 0 Å². The molecule has 1 N–H and O–H groups in total. The highest BCUT2D eigenvalue weighted by Crippen LogP contribution is 2.34. The van der Waals surface area contributed by atoms with Crippen molar-refractivity contribution in [3.8, 4) is 0 Å². The van der Waals surface area contributed by atoms with Gasteiger partial charge >= 0.3 is 0 Å². The molecule has 1 atom stereocenters. The zero-order valence-electron chi connectivity index (χ0n) is 24.0. The molecule has 1 saturated carbocycles. The Balaban J connectivity index is 1.67. The summed E-state index contributed by atoms with van der Waals surface area (Å²) in [5.41, 5.74) is 3.20. The molecule has 1 aliphatic heterocycles. The second kappa shape index (κ2) is 14.6. The molecule has 206 valence electrons. The van der Waals surface area contributed by atoms with Crippen LogP contribution in [0.1, 0.15) is 125 Å². The second-order valence-electron chi connectivity index (χ2n) is 11.5. The minimum Gasteiger partial charge on any atom is -0.388 e. The van der Waals surface area contributed by atoms with Crippen molar-refractivity contribution < 1.29 is 14.4 Å². The average Bonchev–Trinajstić information content (AvgIpc) is 3.69. The predicted molar refractivity (Wildman–Crippen MR) is 152 cm³/mol. The lowest BCUT2D eigenvalue weighted by Gasteiger charge is -2.27. The number of thioether (sulfide) groups is 1. The van der Waals surface area contributed by atoms with Gasteiger partial charge in [-0.15, -0.1) is 11.8 Å². The molecule has 1 saturated heterocycles. The van der Waals surface area contributed by atoms with Crippen LogP contribution in [0.25, 0.3) is 0 Å². The van der Waals surface area contributed by atoms with Gasteiger partial charge in [-0.1, -0.05) is 66.4 Å². The van der Waals surface area contributed by atoms with Crippen molar-refractivity contribution in [3.63, 3.8) is 0 Å². The fourth-order valence-corrected chi connectivity index (χ4v) is 6.00. The Bertz CT molecular complexity index is 777. The quantitative estimate of drug-likeness (QED) is 0.146. The number of nitrogens with one attached hydrogen (secondary N) is 1. The molecule has 5 nitrogen and oxygen atoms in total. The molecule has 2 fully saturated rings. The first-order valence-corrected chi connectivity index (χ1v) is 15.6. The zero-order valence-corrected chi connectivity index (χ0v) is 24.8. The summed E-state index contributed by atoms with van der Waals surface area (Å²) in [6, 6.07) is 0. The molecule has 2 amide bonds. The second-order valence-corrected chi connectivity index (χ2v) is 12.8. The summed E-state index contributed by atoms with van der Waals surface area (Å²) in [6.07, 6.45) is 12.6.